The van der Waals surface area contributed by atoms with E-state index in [-0.39, 0.29) is 0 Å². The lowest BCUT2D eigenvalue weighted by Gasteiger charge is -1.96. The van der Waals surface area contributed by atoms with Crippen LogP contribution in [0.5, 0.6) is 0 Å². The van der Waals surface area contributed by atoms with Crippen LogP contribution in [0.1, 0.15) is 17.5 Å². The number of nitrogens with zero attached hydrogens (tertiary/aromatic N) is 1. The van der Waals surface area contributed by atoms with Crippen molar-refractivity contribution < 1.29 is 9.53 Å². The van der Waals surface area contributed by atoms with Gasteiger partial charge in [0.05, 0.1) is 12.8 Å². The van der Waals surface area contributed by atoms with Gasteiger partial charge in [-0.2, -0.15) is 0 Å². The van der Waals surface area contributed by atoms with E-state index < -0.39 is 6.09 Å². The Hall–Kier alpha value is -1.10. The Morgan fingerprint density at radius 3 is 2.85 bits per heavy atom. The number of methoxy groups -OCH3 is 1. The Morgan fingerprint density at radius 2 is 2.38 bits per heavy atom. The van der Waals surface area contributed by atoms with Crippen LogP contribution >= 0.6 is 11.3 Å². The first-order valence-corrected chi connectivity index (χ1v) is 4.80. The van der Waals surface area contributed by atoms with Crippen molar-refractivity contribution in [2.75, 3.05) is 12.4 Å². The van der Waals surface area contributed by atoms with E-state index in [1.165, 1.54) is 18.4 Å². The molecule has 0 aliphatic carbocycles. The Labute approximate surface area is 80.9 Å². The summed E-state index contributed by atoms with van der Waals surface area (Å²) in [6.07, 6.45) is 0.405. The number of amides is 1. The van der Waals surface area contributed by atoms with E-state index in [4.69, 9.17) is 0 Å². The summed E-state index contributed by atoms with van der Waals surface area (Å²) in [4.78, 5) is 16.2. The summed E-state index contributed by atoms with van der Waals surface area (Å²) >= 11 is 1.46. The summed E-state index contributed by atoms with van der Waals surface area (Å²) in [5, 5.41) is 3.13. The number of hydrogen-bond donors (Lipinski definition) is 1. The highest BCUT2D eigenvalue weighted by molar-refractivity contribution is 7.15. The van der Waals surface area contributed by atoms with Gasteiger partial charge in [0.2, 0.25) is 0 Å². The Morgan fingerprint density at radius 1 is 1.69 bits per heavy atom. The SMILES string of the molecule is CCc1nc(NC(=O)OC)sc1C. The molecule has 0 aromatic carbocycles. The van der Waals surface area contributed by atoms with Crippen LogP contribution in [0.2, 0.25) is 0 Å². The van der Waals surface area contributed by atoms with Crippen LogP contribution in [0, 0.1) is 6.92 Å². The lowest BCUT2D eigenvalue weighted by atomic mass is 10.3. The van der Waals surface area contributed by atoms with Crippen molar-refractivity contribution in [2.24, 2.45) is 0 Å². The number of hydrogen-bond acceptors (Lipinski definition) is 4. The van der Waals surface area contributed by atoms with Crippen molar-refractivity contribution >= 4 is 22.6 Å². The van der Waals surface area contributed by atoms with Gasteiger partial charge in [0.15, 0.2) is 5.13 Å². The van der Waals surface area contributed by atoms with E-state index in [1.807, 2.05) is 13.8 Å². The van der Waals surface area contributed by atoms with E-state index in [0.717, 1.165) is 17.0 Å². The molecule has 0 spiro atoms. The molecule has 1 rings (SSSR count). The second kappa shape index (κ2) is 4.23. The van der Waals surface area contributed by atoms with Crippen molar-refractivity contribution in [1.82, 2.24) is 4.98 Å². The summed E-state index contributed by atoms with van der Waals surface area (Å²) in [6, 6.07) is 0. The van der Waals surface area contributed by atoms with Gasteiger partial charge in [-0.1, -0.05) is 6.92 Å². The minimum Gasteiger partial charge on any atom is -0.453 e. The van der Waals surface area contributed by atoms with Gasteiger partial charge in [-0.25, -0.2) is 9.78 Å². The van der Waals surface area contributed by atoms with Gasteiger partial charge >= 0.3 is 6.09 Å². The van der Waals surface area contributed by atoms with Crippen molar-refractivity contribution in [1.29, 1.82) is 0 Å². The number of rotatable bonds is 2. The van der Waals surface area contributed by atoms with Gasteiger partial charge in [0.25, 0.3) is 0 Å². The maximum atomic E-state index is 10.8. The van der Waals surface area contributed by atoms with Crippen molar-refractivity contribution in [2.45, 2.75) is 20.3 Å². The molecular weight excluding hydrogens is 188 g/mol. The number of anilines is 1. The number of nitrogens with one attached hydrogen (secondary N) is 1. The van der Waals surface area contributed by atoms with E-state index in [1.54, 1.807) is 0 Å². The molecule has 72 valence electrons. The van der Waals surface area contributed by atoms with Gasteiger partial charge < -0.3 is 4.74 Å². The first-order chi connectivity index (χ1) is 6.17. The molecule has 4 nitrogen and oxygen atoms in total. The summed E-state index contributed by atoms with van der Waals surface area (Å²) in [5.74, 6) is 0. The predicted molar refractivity (Wildman–Crippen MR) is 52.3 cm³/mol. The normalized spacial score (nSPS) is 9.77. The zero-order chi connectivity index (χ0) is 9.84. The van der Waals surface area contributed by atoms with E-state index in [2.05, 4.69) is 15.0 Å². The molecule has 1 aromatic rings. The first-order valence-electron chi connectivity index (χ1n) is 3.98. The molecule has 0 unspecified atom stereocenters. The van der Waals surface area contributed by atoms with Crippen LogP contribution < -0.4 is 5.32 Å². The highest BCUT2D eigenvalue weighted by atomic mass is 32.1. The second-order valence-electron chi connectivity index (χ2n) is 2.49. The summed E-state index contributed by atoms with van der Waals surface area (Å²) in [6.45, 7) is 4.02. The average Bonchev–Trinajstić information content (AvgIpc) is 2.46. The van der Waals surface area contributed by atoms with E-state index in [0.29, 0.717) is 5.13 Å². The minimum atomic E-state index is -0.476. The molecule has 0 aliphatic heterocycles. The third kappa shape index (κ3) is 2.42. The lowest BCUT2D eigenvalue weighted by Crippen LogP contribution is -2.10. The van der Waals surface area contributed by atoms with Crippen LogP contribution in [-0.4, -0.2) is 18.2 Å². The Bertz CT molecular complexity index is 309. The van der Waals surface area contributed by atoms with Crippen molar-refractivity contribution in [3.05, 3.63) is 10.6 Å². The van der Waals surface area contributed by atoms with Gasteiger partial charge in [-0.3, -0.25) is 5.32 Å². The van der Waals surface area contributed by atoms with Crippen molar-refractivity contribution in [3.8, 4) is 0 Å². The van der Waals surface area contributed by atoms with Gasteiger partial charge in [0.1, 0.15) is 0 Å². The smallest absolute Gasteiger partial charge is 0.413 e. The van der Waals surface area contributed by atoms with Gasteiger partial charge in [0, 0.05) is 4.88 Å². The number of carbonyl (C=O) groups excluding carboxylic acids is 1. The number of thiazole rings is 1. The number of ether oxygens (including phenoxy) is 1. The molecule has 1 N–H and O–H groups in total. The molecule has 5 heteroatoms. The standard InChI is InChI=1S/C8H12N2O2S/c1-4-6-5(2)13-7(9-6)10-8(11)12-3/h4H2,1-3H3,(H,9,10,11). The van der Waals surface area contributed by atoms with Crippen molar-refractivity contribution in [3.63, 3.8) is 0 Å². The third-order valence-corrected chi connectivity index (χ3v) is 2.55. The molecule has 1 heterocycles. The third-order valence-electron chi connectivity index (χ3n) is 1.62. The van der Waals surface area contributed by atoms with Crippen LogP contribution in [0.4, 0.5) is 9.93 Å². The fraction of sp³-hybridized carbons (Fsp3) is 0.500. The topological polar surface area (TPSA) is 51.2 Å². The second-order valence-corrected chi connectivity index (χ2v) is 3.70. The average molecular weight is 200 g/mol. The highest BCUT2D eigenvalue weighted by Crippen LogP contribution is 2.22. The van der Waals surface area contributed by atoms with Crippen LogP contribution in [0.15, 0.2) is 0 Å². The summed E-state index contributed by atoms with van der Waals surface area (Å²) < 4.78 is 4.45. The van der Waals surface area contributed by atoms with Gasteiger partial charge in [-0.05, 0) is 13.3 Å². The zero-order valence-electron chi connectivity index (χ0n) is 7.88. The maximum Gasteiger partial charge on any atom is 0.413 e. The van der Waals surface area contributed by atoms with Crippen LogP contribution in [0.3, 0.4) is 0 Å². The Kier molecular flexibility index (Phi) is 3.25. The highest BCUT2D eigenvalue weighted by Gasteiger charge is 2.08. The maximum absolute atomic E-state index is 10.8. The molecule has 0 fully saturated rings. The molecule has 1 aromatic heterocycles. The van der Waals surface area contributed by atoms with E-state index in [9.17, 15) is 4.79 Å². The Balaban J connectivity index is 2.73. The number of aryl methyl sites for hydroxylation is 2. The summed E-state index contributed by atoms with van der Waals surface area (Å²) in [7, 11) is 1.33. The largest absolute Gasteiger partial charge is 0.453 e. The van der Waals surface area contributed by atoms with Gasteiger partial charge in [-0.15, -0.1) is 11.3 Å². The molecule has 1 amide bonds. The van der Waals surface area contributed by atoms with Crippen LogP contribution in [-0.2, 0) is 11.2 Å². The summed E-state index contributed by atoms with van der Waals surface area (Å²) in [5.41, 5.74) is 1.02. The minimum absolute atomic E-state index is 0.476. The van der Waals surface area contributed by atoms with E-state index >= 15 is 0 Å². The lowest BCUT2D eigenvalue weighted by molar-refractivity contribution is 0.187. The monoisotopic (exact) mass is 200 g/mol. The molecule has 0 saturated carbocycles. The number of aromatic nitrogens is 1. The quantitative estimate of drug-likeness (QED) is 0.796. The zero-order valence-corrected chi connectivity index (χ0v) is 8.70. The first kappa shape index (κ1) is 9.98. The molecular formula is C8H12N2O2S. The fourth-order valence-corrected chi connectivity index (χ4v) is 1.84. The molecule has 13 heavy (non-hydrogen) atoms. The fourth-order valence-electron chi connectivity index (χ4n) is 0.948. The molecule has 0 radical (unpaired) electrons. The molecule has 0 bridgehead atoms. The number of carbonyl (C=O) groups is 1. The molecule has 0 aliphatic rings. The van der Waals surface area contributed by atoms with Crippen LogP contribution in [0.25, 0.3) is 0 Å². The predicted octanol–water partition coefficient (Wildman–Crippen LogP) is 2.19. The molecule has 0 atom stereocenters. The molecule has 0 saturated heterocycles.